The van der Waals surface area contributed by atoms with Gasteiger partial charge < -0.3 is 15.3 Å². The van der Waals surface area contributed by atoms with Gasteiger partial charge in [0, 0.05) is 18.8 Å². The Kier molecular flexibility index (Phi) is 5.65. The summed E-state index contributed by atoms with van der Waals surface area (Å²) in [6.45, 7) is 8.69. The summed E-state index contributed by atoms with van der Waals surface area (Å²) in [6.07, 6.45) is 0.970. The van der Waals surface area contributed by atoms with E-state index in [0.29, 0.717) is 25.4 Å². The Bertz CT molecular complexity index is 610. The number of aliphatic hydroxyl groups is 1. The maximum atomic E-state index is 12.6. The van der Waals surface area contributed by atoms with Crippen LogP contribution in [0.2, 0.25) is 0 Å². The Hall–Kier alpha value is -1.88. The van der Waals surface area contributed by atoms with E-state index in [1.807, 2.05) is 38.1 Å². The van der Waals surface area contributed by atoms with E-state index >= 15 is 0 Å². The number of anilines is 1. The number of carbonyl (C=O) groups is 2. The molecule has 0 saturated carbocycles. The number of carbonyl (C=O) groups excluding carboxylic acids is 2. The zero-order chi connectivity index (χ0) is 17.9. The molecule has 0 spiro atoms. The molecule has 2 N–H and O–H groups in total. The van der Waals surface area contributed by atoms with E-state index in [1.54, 1.807) is 11.8 Å². The van der Waals surface area contributed by atoms with Crippen LogP contribution in [0, 0.1) is 5.41 Å². The number of nitrogens with one attached hydrogen (secondary N) is 1. The maximum Gasteiger partial charge on any atom is 0.316 e. The van der Waals surface area contributed by atoms with Gasteiger partial charge in [-0.25, -0.2) is 0 Å². The first-order valence-electron chi connectivity index (χ1n) is 8.58. The van der Waals surface area contributed by atoms with Gasteiger partial charge in [0.25, 0.3) is 0 Å². The van der Waals surface area contributed by atoms with Gasteiger partial charge in [-0.1, -0.05) is 39.0 Å². The van der Waals surface area contributed by atoms with Crippen LogP contribution in [0.5, 0.6) is 0 Å². The van der Waals surface area contributed by atoms with Gasteiger partial charge in [-0.3, -0.25) is 9.59 Å². The Labute approximate surface area is 144 Å². The Morgan fingerprint density at radius 2 is 2.04 bits per heavy atom. The molecule has 0 radical (unpaired) electrons. The number of amides is 2. The Morgan fingerprint density at radius 1 is 1.38 bits per heavy atom. The quantitative estimate of drug-likeness (QED) is 0.832. The molecule has 1 aliphatic heterocycles. The second-order valence-corrected chi connectivity index (χ2v) is 7.61. The normalized spacial score (nSPS) is 18.7. The summed E-state index contributed by atoms with van der Waals surface area (Å²) >= 11 is 0. The smallest absolute Gasteiger partial charge is 0.316 e. The molecule has 1 heterocycles. The number of fused-ring (bicyclic) bond motifs is 1. The number of para-hydroxylation sites is 1. The Morgan fingerprint density at radius 3 is 2.71 bits per heavy atom. The molecule has 24 heavy (non-hydrogen) atoms. The lowest BCUT2D eigenvalue weighted by atomic mass is 9.87. The summed E-state index contributed by atoms with van der Waals surface area (Å²) in [7, 11) is 0. The van der Waals surface area contributed by atoms with Gasteiger partial charge >= 0.3 is 11.8 Å². The first-order valence-corrected chi connectivity index (χ1v) is 8.58. The topological polar surface area (TPSA) is 69.6 Å². The third kappa shape index (κ3) is 4.35. The fourth-order valence-electron chi connectivity index (χ4n) is 3.35. The van der Waals surface area contributed by atoms with Gasteiger partial charge in [-0.05, 0) is 42.7 Å². The number of benzene rings is 1. The molecular weight excluding hydrogens is 304 g/mol. The molecule has 1 aliphatic rings. The van der Waals surface area contributed by atoms with Gasteiger partial charge in [0.1, 0.15) is 0 Å². The highest BCUT2D eigenvalue weighted by Crippen LogP contribution is 2.34. The van der Waals surface area contributed by atoms with Crippen molar-refractivity contribution in [3.05, 3.63) is 29.8 Å². The maximum absolute atomic E-state index is 12.6. The van der Waals surface area contributed by atoms with Crippen LogP contribution in [0.4, 0.5) is 5.69 Å². The first-order chi connectivity index (χ1) is 11.2. The van der Waals surface area contributed by atoms with Crippen molar-refractivity contribution in [1.82, 2.24) is 5.32 Å². The van der Waals surface area contributed by atoms with E-state index in [0.717, 1.165) is 17.7 Å². The van der Waals surface area contributed by atoms with Crippen LogP contribution in [0.15, 0.2) is 24.3 Å². The molecule has 5 heteroatoms. The SMILES string of the molecule is CC(O)CC(C)(C)CNC(=O)C(=O)N1CCC(C)c2ccccc21. The molecule has 0 aromatic heterocycles. The largest absolute Gasteiger partial charge is 0.393 e. The van der Waals surface area contributed by atoms with E-state index in [1.165, 1.54) is 0 Å². The average molecular weight is 332 g/mol. The summed E-state index contributed by atoms with van der Waals surface area (Å²) in [6, 6.07) is 7.76. The van der Waals surface area contributed by atoms with E-state index in [9.17, 15) is 14.7 Å². The minimum absolute atomic E-state index is 0.265. The number of nitrogens with zero attached hydrogens (tertiary/aromatic N) is 1. The van der Waals surface area contributed by atoms with Gasteiger partial charge in [0.05, 0.1) is 6.10 Å². The van der Waals surface area contributed by atoms with Crippen LogP contribution in [0.3, 0.4) is 0 Å². The van der Waals surface area contributed by atoms with E-state index in [2.05, 4.69) is 12.2 Å². The minimum atomic E-state index is -0.585. The number of rotatable bonds is 4. The summed E-state index contributed by atoms with van der Waals surface area (Å²) in [4.78, 5) is 26.4. The lowest BCUT2D eigenvalue weighted by molar-refractivity contribution is -0.138. The highest BCUT2D eigenvalue weighted by Gasteiger charge is 2.31. The van der Waals surface area contributed by atoms with Crippen LogP contribution >= 0.6 is 0 Å². The van der Waals surface area contributed by atoms with Crippen molar-refractivity contribution in [3.8, 4) is 0 Å². The first kappa shape index (κ1) is 18.5. The summed E-state index contributed by atoms with van der Waals surface area (Å²) in [5.74, 6) is -0.710. The number of hydrogen-bond donors (Lipinski definition) is 2. The van der Waals surface area contributed by atoms with Crippen molar-refractivity contribution in [2.24, 2.45) is 5.41 Å². The fourth-order valence-corrected chi connectivity index (χ4v) is 3.35. The van der Waals surface area contributed by atoms with E-state index in [4.69, 9.17) is 0 Å². The summed E-state index contributed by atoms with van der Waals surface area (Å²) in [5.41, 5.74) is 1.68. The molecule has 132 valence electrons. The Balaban J connectivity index is 2.04. The molecule has 0 aliphatic carbocycles. The van der Waals surface area contributed by atoms with Crippen molar-refractivity contribution in [3.63, 3.8) is 0 Å². The van der Waals surface area contributed by atoms with Crippen LogP contribution in [0.25, 0.3) is 0 Å². The molecule has 1 aromatic rings. The molecule has 0 saturated heterocycles. The van der Waals surface area contributed by atoms with E-state index in [-0.39, 0.29) is 5.41 Å². The zero-order valence-corrected chi connectivity index (χ0v) is 15.0. The predicted molar refractivity (Wildman–Crippen MR) is 94.9 cm³/mol. The third-order valence-electron chi connectivity index (χ3n) is 4.56. The van der Waals surface area contributed by atoms with Gasteiger partial charge in [0.2, 0.25) is 0 Å². The van der Waals surface area contributed by atoms with Gasteiger partial charge in [-0.15, -0.1) is 0 Å². The molecule has 2 amide bonds. The zero-order valence-electron chi connectivity index (χ0n) is 15.0. The van der Waals surface area contributed by atoms with Crippen molar-refractivity contribution in [2.45, 2.75) is 52.6 Å². The monoisotopic (exact) mass is 332 g/mol. The van der Waals surface area contributed by atoms with Crippen molar-refractivity contribution < 1.29 is 14.7 Å². The fraction of sp³-hybridized carbons (Fsp3) is 0.579. The van der Waals surface area contributed by atoms with Crippen molar-refractivity contribution >= 4 is 17.5 Å². The lowest BCUT2D eigenvalue weighted by Crippen LogP contribution is -2.47. The standard InChI is InChI=1S/C19H28N2O3/c1-13-9-10-21(16-8-6-5-7-15(13)16)18(24)17(23)20-12-19(3,4)11-14(2)22/h5-8,13-14,22H,9-12H2,1-4H3,(H,20,23). The predicted octanol–water partition coefficient (Wildman–Crippen LogP) is 2.44. The molecular formula is C19H28N2O3. The highest BCUT2D eigenvalue weighted by atomic mass is 16.3. The second kappa shape index (κ2) is 7.34. The van der Waals surface area contributed by atoms with Gasteiger partial charge in [0.15, 0.2) is 0 Å². The van der Waals surface area contributed by atoms with Crippen LogP contribution in [-0.2, 0) is 9.59 Å². The number of aliphatic hydroxyl groups excluding tert-OH is 1. The molecule has 2 unspecified atom stereocenters. The summed E-state index contributed by atoms with van der Waals surface area (Å²) < 4.78 is 0. The second-order valence-electron chi connectivity index (χ2n) is 7.61. The van der Waals surface area contributed by atoms with Gasteiger partial charge in [-0.2, -0.15) is 0 Å². The van der Waals surface area contributed by atoms with Crippen LogP contribution in [0.1, 0.15) is 52.0 Å². The molecule has 1 aromatic carbocycles. The van der Waals surface area contributed by atoms with Crippen LogP contribution in [-0.4, -0.2) is 36.1 Å². The molecule has 5 nitrogen and oxygen atoms in total. The molecule has 0 bridgehead atoms. The summed E-state index contributed by atoms with van der Waals surface area (Å²) in [5, 5.41) is 12.2. The van der Waals surface area contributed by atoms with E-state index < -0.39 is 17.9 Å². The third-order valence-corrected chi connectivity index (χ3v) is 4.56. The minimum Gasteiger partial charge on any atom is -0.393 e. The van der Waals surface area contributed by atoms with Crippen molar-refractivity contribution in [1.29, 1.82) is 0 Å². The molecule has 0 fully saturated rings. The lowest BCUT2D eigenvalue weighted by Gasteiger charge is -2.33. The number of hydrogen-bond acceptors (Lipinski definition) is 3. The highest BCUT2D eigenvalue weighted by molar-refractivity contribution is 6.40. The van der Waals surface area contributed by atoms with Crippen molar-refractivity contribution in [2.75, 3.05) is 18.0 Å². The molecule has 2 rings (SSSR count). The van der Waals surface area contributed by atoms with Crippen LogP contribution < -0.4 is 10.2 Å². The average Bonchev–Trinajstić information content (AvgIpc) is 2.51. The molecule has 2 atom stereocenters.